The molecule has 0 atom stereocenters. The Morgan fingerprint density at radius 1 is 1.43 bits per heavy atom. The van der Waals surface area contributed by atoms with Crippen LogP contribution in [0.1, 0.15) is 47.8 Å². The van der Waals surface area contributed by atoms with E-state index in [0.29, 0.717) is 0 Å². The van der Waals surface area contributed by atoms with E-state index < -0.39 is 11.9 Å². The average molecular weight is 313 g/mol. The van der Waals surface area contributed by atoms with Gasteiger partial charge in [-0.15, -0.1) is 11.3 Å². The van der Waals surface area contributed by atoms with Gasteiger partial charge in [0, 0.05) is 18.8 Å². The molecule has 0 amide bonds. The third-order valence-electron chi connectivity index (χ3n) is 3.68. The Kier molecular flexibility index (Phi) is 3.52. The molecule has 2 aromatic rings. The highest BCUT2D eigenvalue weighted by Crippen LogP contribution is 2.42. The van der Waals surface area contributed by atoms with E-state index in [-0.39, 0.29) is 48.9 Å². The fraction of sp³-hybridized carbons (Fsp3) is 0.429. The number of hydrogen-bond acceptors (Lipinski definition) is 4. The summed E-state index contributed by atoms with van der Waals surface area (Å²) in [5, 5.41) is 11.1. The number of alkyl halides is 2. The van der Waals surface area contributed by atoms with Crippen LogP contribution in [0.25, 0.3) is 10.8 Å². The van der Waals surface area contributed by atoms with Crippen LogP contribution in [0.15, 0.2) is 21.9 Å². The molecule has 21 heavy (non-hydrogen) atoms. The van der Waals surface area contributed by atoms with Gasteiger partial charge in [0.1, 0.15) is 5.76 Å². The zero-order chi connectivity index (χ0) is 15.0. The molecule has 1 N–H and O–H groups in total. The van der Waals surface area contributed by atoms with Gasteiger partial charge in [-0.05, 0) is 24.3 Å². The SMILES string of the molecule is O=C(O)c1nc(-c2cccs2)oc1C1CCC(F)(F)CC1. The van der Waals surface area contributed by atoms with Crippen molar-refractivity contribution in [2.24, 2.45) is 0 Å². The van der Waals surface area contributed by atoms with Crippen LogP contribution in [0, 0.1) is 0 Å². The number of oxazole rings is 1. The summed E-state index contributed by atoms with van der Waals surface area (Å²) in [5.74, 6) is -3.68. The maximum absolute atomic E-state index is 13.2. The van der Waals surface area contributed by atoms with E-state index in [2.05, 4.69) is 4.98 Å². The van der Waals surface area contributed by atoms with Gasteiger partial charge in [-0.1, -0.05) is 6.07 Å². The second-order valence-electron chi connectivity index (χ2n) is 5.14. The second-order valence-corrected chi connectivity index (χ2v) is 6.09. The molecule has 0 radical (unpaired) electrons. The Labute approximate surface area is 123 Å². The Bertz CT molecular complexity index is 641. The molecule has 4 nitrogen and oxygen atoms in total. The molecule has 1 fully saturated rings. The average Bonchev–Trinajstić information content (AvgIpc) is 3.07. The Morgan fingerprint density at radius 3 is 2.71 bits per heavy atom. The third kappa shape index (κ3) is 2.83. The monoisotopic (exact) mass is 313 g/mol. The van der Waals surface area contributed by atoms with E-state index in [9.17, 15) is 18.7 Å². The minimum Gasteiger partial charge on any atom is -0.476 e. The number of nitrogens with zero attached hydrogens (tertiary/aromatic N) is 1. The first-order chi connectivity index (χ1) is 9.96. The topological polar surface area (TPSA) is 63.3 Å². The van der Waals surface area contributed by atoms with Crippen molar-refractivity contribution in [3.63, 3.8) is 0 Å². The first kappa shape index (κ1) is 14.2. The first-order valence-electron chi connectivity index (χ1n) is 6.62. The van der Waals surface area contributed by atoms with Crippen molar-refractivity contribution in [3.8, 4) is 10.8 Å². The molecular formula is C14H13F2NO3S. The minimum atomic E-state index is -2.66. The minimum absolute atomic E-state index is 0.159. The van der Waals surface area contributed by atoms with Crippen molar-refractivity contribution in [2.75, 3.05) is 0 Å². The molecule has 0 unspecified atom stereocenters. The van der Waals surface area contributed by atoms with Crippen LogP contribution in [0.3, 0.4) is 0 Å². The van der Waals surface area contributed by atoms with Crippen molar-refractivity contribution in [1.82, 2.24) is 4.98 Å². The lowest BCUT2D eigenvalue weighted by Crippen LogP contribution is -2.24. The predicted molar refractivity (Wildman–Crippen MR) is 72.9 cm³/mol. The van der Waals surface area contributed by atoms with Gasteiger partial charge in [0.2, 0.25) is 11.8 Å². The van der Waals surface area contributed by atoms with E-state index in [0.717, 1.165) is 4.88 Å². The van der Waals surface area contributed by atoms with E-state index in [4.69, 9.17) is 4.42 Å². The molecule has 1 saturated carbocycles. The molecule has 0 saturated heterocycles. The summed E-state index contributed by atoms with van der Waals surface area (Å²) >= 11 is 1.39. The van der Waals surface area contributed by atoms with Crippen molar-refractivity contribution in [2.45, 2.75) is 37.5 Å². The molecule has 0 aromatic carbocycles. The quantitative estimate of drug-likeness (QED) is 0.912. The molecule has 1 aliphatic rings. The summed E-state index contributed by atoms with van der Waals surface area (Å²) in [7, 11) is 0. The Morgan fingerprint density at radius 2 is 2.14 bits per heavy atom. The van der Waals surface area contributed by atoms with Crippen LogP contribution in [0.5, 0.6) is 0 Å². The van der Waals surface area contributed by atoms with E-state index >= 15 is 0 Å². The lowest BCUT2D eigenvalue weighted by molar-refractivity contribution is -0.0395. The molecule has 0 spiro atoms. The number of carbonyl (C=O) groups is 1. The summed E-state index contributed by atoms with van der Waals surface area (Å²) in [6.07, 6.45) is -0.0593. The van der Waals surface area contributed by atoms with Gasteiger partial charge in [-0.25, -0.2) is 18.6 Å². The highest BCUT2D eigenvalue weighted by atomic mass is 32.1. The third-order valence-corrected chi connectivity index (χ3v) is 4.53. The number of rotatable bonds is 3. The molecule has 0 bridgehead atoms. The first-order valence-corrected chi connectivity index (χ1v) is 7.50. The zero-order valence-electron chi connectivity index (χ0n) is 11.0. The smallest absolute Gasteiger partial charge is 0.358 e. The number of aromatic carboxylic acids is 1. The molecular weight excluding hydrogens is 300 g/mol. The standard InChI is InChI=1S/C14H13F2NO3S/c15-14(16)5-3-8(4-6-14)11-10(13(18)19)17-12(20-11)9-2-1-7-21-9/h1-2,7-8H,3-6H2,(H,18,19). The van der Waals surface area contributed by atoms with Crippen LogP contribution >= 0.6 is 11.3 Å². The van der Waals surface area contributed by atoms with E-state index in [1.807, 2.05) is 11.4 Å². The summed E-state index contributed by atoms with van der Waals surface area (Å²) in [6, 6.07) is 3.59. The van der Waals surface area contributed by atoms with Gasteiger partial charge in [0.15, 0.2) is 5.69 Å². The summed E-state index contributed by atoms with van der Waals surface area (Å²) in [4.78, 5) is 16.1. The molecule has 2 heterocycles. The van der Waals surface area contributed by atoms with Gasteiger partial charge in [-0.3, -0.25) is 0 Å². The molecule has 1 aliphatic carbocycles. The number of carboxylic acid groups (broad SMARTS) is 1. The van der Waals surface area contributed by atoms with E-state index in [1.54, 1.807) is 6.07 Å². The highest BCUT2D eigenvalue weighted by Gasteiger charge is 2.38. The van der Waals surface area contributed by atoms with Crippen molar-refractivity contribution in [3.05, 3.63) is 29.0 Å². The number of aromatic nitrogens is 1. The van der Waals surface area contributed by atoms with Crippen LogP contribution in [0.4, 0.5) is 8.78 Å². The molecule has 112 valence electrons. The van der Waals surface area contributed by atoms with Crippen LogP contribution in [-0.4, -0.2) is 22.0 Å². The van der Waals surface area contributed by atoms with Crippen molar-refractivity contribution in [1.29, 1.82) is 0 Å². The fourth-order valence-electron chi connectivity index (χ4n) is 2.57. The number of thiophene rings is 1. The van der Waals surface area contributed by atoms with Gasteiger partial charge >= 0.3 is 5.97 Å². The zero-order valence-corrected chi connectivity index (χ0v) is 11.8. The van der Waals surface area contributed by atoms with Crippen molar-refractivity contribution >= 4 is 17.3 Å². The summed E-state index contributed by atoms with van der Waals surface area (Å²) in [5.41, 5.74) is -0.159. The molecule has 7 heteroatoms. The van der Waals surface area contributed by atoms with Gasteiger partial charge in [0.25, 0.3) is 0 Å². The van der Waals surface area contributed by atoms with Crippen LogP contribution < -0.4 is 0 Å². The molecule has 2 aromatic heterocycles. The summed E-state index contributed by atoms with van der Waals surface area (Å²) in [6.45, 7) is 0. The number of hydrogen-bond donors (Lipinski definition) is 1. The largest absolute Gasteiger partial charge is 0.476 e. The van der Waals surface area contributed by atoms with Gasteiger partial charge < -0.3 is 9.52 Å². The second kappa shape index (κ2) is 5.22. The van der Waals surface area contributed by atoms with Gasteiger partial charge in [0.05, 0.1) is 4.88 Å². The fourth-order valence-corrected chi connectivity index (χ4v) is 3.22. The Balaban J connectivity index is 1.92. The Hall–Kier alpha value is -1.76. The van der Waals surface area contributed by atoms with Crippen molar-refractivity contribution < 1.29 is 23.1 Å². The lowest BCUT2D eigenvalue weighted by atomic mass is 9.84. The maximum Gasteiger partial charge on any atom is 0.358 e. The normalized spacial score (nSPS) is 18.8. The van der Waals surface area contributed by atoms with Crippen LogP contribution in [0.2, 0.25) is 0 Å². The lowest BCUT2D eigenvalue weighted by Gasteiger charge is -2.26. The molecule has 3 rings (SSSR count). The van der Waals surface area contributed by atoms with E-state index in [1.165, 1.54) is 11.3 Å². The highest BCUT2D eigenvalue weighted by molar-refractivity contribution is 7.13. The predicted octanol–water partition coefficient (Wildman–Crippen LogP) is 4.39. The number of halogens is 2. The van der Waals surface area contributed by atoms with Gasteiger partial charge in [-0.2, -0.15) is 0 Å². The summed E-state index contributed by atoms with van der Waals surface area (Å²) < 4.78 is 32.0. The maximum atomic E-state index is 13.2. The number of carboxylic acids is 1. The molecule has 0 aliphatic heterocycles. The van der Waals surface area contributed by atoms with Crippen LogP contribution in [-0.2, 0) is 0 Å².